The minimum Gasteiger partial charge on any atom is -0.386 e. The summed E-state index contributed by atoms with van der Waals surface area (Å²) in [5, 5.41) is 10.1. The third-order valence-corrected chi connectivity index (χ3v) is 4.85. The van der Waals surface area contributed by atoms with Crippen molar-refractivity contribution in [3.8, 4) is 0 Å². The van der Waals surface area contributed by atoms with Crippen LogP contribution in [0.25, 0.3) is 0 Å². The maximum Gasteiger partial charge on any atom is 0.416 e. The van der Waals surface area contributed by atoms with Crippen LogP contribution < -0.4 is 4.72 Å². The van der Waals surface area contributed by atoms with Gasteiger partial charge < -0.3 is 5.11 Å². The molecule has 0 aliphatic rings. The third-order valence-electron chi connectivity index (χ3n) is 3.43. The first-order valence-electron chi connectivity index (χ1n) is 7.14. The van der Waals surface area contributed by atoms with Crippen LogP contribution in [-0.4, -0.2) is 13.5 Å². The minimum absolute atomic E-state index is 0.497. The number of benzene rings is 2. The van der Waals surface area contributed by atoms with E-state index in [9.17, 15) is 35.5 Å². The summed E-state index contributed by atoms with van der Waals surface area (Å²) in [5.41, 5.74) is -4.38. The molecule has 10 heteroatoms. The van der Waals surface area contributed by atoms with Crippen LogP contribution in [0.15, 0.2) is 41.3 Å². The number of hydrogen-bond donors (Lipinski definition) is 2. The molecule has 0 radical (unpaired) electrons. The predicted octanol–water partition coefficient (Wildman–Crippen LogP) is 4.01. The highest BCUT2D eigenvalue weighted by molar-refractivity contribution is 7.92. The molecule has 26 heavy (non-hydrogen) atoms. The first-order valence-corrected chi connectivity index (χ1v) is 8.62. The molecule has 2 N–H and O–H groups in total. The van der Waals surface area contributed by atoms with Crippen molar-refractivity contribution >= 4 is 15.7 Å². The van der Waals surface area contributed by atoms with Gasteiger partial charge in [-0.15, -0.1) is 0 Å². The summed E-state index contributed by atoms with van der Waals surface area (Å²) in [6, 6.07) is 3.71. The Bertz CT molecular complexity index is 934. The van der Waals surface area contributed by atoms with E-state index in [-0.39, 0.29) is 0 Å². The second-order valence-corrected chi connectivity index (χ2v) is 7.65. The largest absolute Gasteiger partial charge is 0.416 e. The second kappa shape index (κ2) is 6.51. The zero-order chi connectivity index (χ0) is 19.9. The van der Waals surface area contributed by atoms with Crippen molar-refractivity contribution < 1.29 is 35.5 Å². The van der Waals surface area contributed by atoms with E-state index in [0.29, 0.717) is 30.3 Å². The molecule has 0 spiro atoms. The van der Waals surface area contributed by atoms with E-state index >= 15 is 0 Å². The van der Waals surface area contributed by atoms with Crippen LogP contribution in [0.2, 0.25) is 0 Å². The maximum absolute atomic E-state index is 13.7. The van der Waals surface area contributed by atoms with Gasteiger partial charge in [0.25, 0.3) is 10.0 Å². The van der Waals surface area contributed by atoms with E-state index in [4.69, 9.17) is 0 Å². The van der Waals surface area contributed by atoms with Crippen molar-refractivity contribution in [2.45, 2.75) is 30.5 Å². The molecule has 0 unspecified atom stereocenters. The predicted molar refractivity (Wildman–Crippen MR) is 83.9 cm³/mol. The summed E-state index contributed by atoms with van der Waals surface area (Å²) in [5.74, 6) is -1.99. The highest BCUT2D eigenvalue weighted by atomic mass is 32.2. The first kappa shape index (κ1) is 20.1. The fraction of sp³-hybridized carbons (Fsp3) is 0.250. The maximum atomic E-state index is 13.7. The van der Waals surface area contributed by atoms with E-state index in [1.807, 2.05) is 0 Å². The van der Waals surface area contributed by atoms with Gasteiger partial charge in [0.15, 0.2) is 0 Å². The van der Waals surface area contributed by atoms with Gasteiger partial charge in [0.1, 0.15) is 11.6 Å². The van der Waals surface area contributed by atoms with Crippen LogP contribution >= 0.6 is 0 Å². The molecule has 0 fully saturated rings. The highest BCUT2D eigenvalue weighted by Crippen LogP contribution is 2.36. The van der Waals surface area contributed by atoms with Gasteiger partial charge in [-0.1, -0.05) is 0 Å². The quantitative estimate of drug-likeness (QED) is 0.769. The standard InChI is InChI=1S/C16H14F5NO3S/c1-15(2,23)11-7-9(16(19,20)21)3-6-14(11)26(24,25)22-13-8-10(17)4-5-12(13)18/h3-8,22-23H,1-2H3. The molecule has 0 heterocycles. The highest BCUT2D eigenvalue weighted by Gasteiger charge is 2.35. The van der Waals surface area contributed by atoms with Crippen LogP contribution in [0.1, 0.15) is 25.0 Å². The Hall–Kier alpha value is -2.20. The molecule has 0 aliphatic heterocycles. The smallest absolute Gasteiger partial charge is 0.386 e. The lowest BCUT2D eigenvalue weighted by Crippen LogP contribution is -2.24. The molecule has 142 valence electrons. The molecule has 0 saturated carbocycles. The summed E-state index contributed by atoms with van der Waals surface area (Å²) < 4.78 is 92.3. The first-order chi connectivity index (χ1) is 11.7. The molecule has 2 aromatic carbocycles. The van der Waals surface area contributed by atoms with E-state index in [1.54, 1.807) is 4.72 Å². The summed E-state index contributed by atoms with van der Waals surface area (Å²) in [7, 11) is -4.61. The molecule has 2 rings (SSSR count). The normalized spacial score (nSPS) is 12.9. The molecule has 0 aromatic heterocycles. The van der Waals surface area contributed by atoms with Gasteiger partial charge in [-0.25, -0.2) is 17.2 Å². The van der Waals surface area contributed by atoms with Gasteiger partial charge in [-0.2, -0.15) is 13.2 Å². The molecule has 4 nitrogen and oxygen atoms in total. The van der Waals surface area contributed by atoms with Gasteiger partial charge in [-0.3, -0.25) is 4.72 Å². The number of aliphatic hydroxyl groups is 1. The van der Waals surface area contributed by atoms with E-state index in [2.05, 4.69) is 0 Å². The van der Waals surface area contributed by atoms with Crippen LogP contribution in [-0.2, 0) is 21.8 Å². The molecular weight excluding hydrogens is 381 g/mol. The molecule has 2 aromatic rings. The lowest BCUT2D eigenvalue weighted by molar-refractivity contribution is -0.137. The van der Waals surface area contributed by atoms with Crippen molar-refractivity contribution in [3.63, 3.8) is 0 Å². The van der Waals surface area contributed by atoms with Crippen molar-refractivity contribution in [1.82, 2.24) is 0 Å². The van der Waals surface area contributed by atoms with Crippen molar-refractivity contribution in [1.29, 1.82) is 0 Å². The molecule has 0 bridgehead atoms. The number of sulfonamides is 1. The topological polar surface area (TPSA) is 66.4 Å². The Morgan fingerprint density at radius 1 is 1.00 bits per heavy atom. The van der Waals surface area contributed by atoms with Crippen LogP contribution in [0.4, 0.5) is 27.6 Å². The number of anilines is 1. The fourth-order valence-electron chi connectivity index (χ4n) is 2.19. The van der Waals surface area contributed by atoms with Crippen molar-refractivity contribution in [2.75, 3.05) is 4.72 Å². The fourth-order valence-corrected chi connectivity index (χ4v) is 3.60. The third kappa shape index (κ3) is 4.31. The Morgan fingerprint density at radius 3 is 2.15 bits per heavy atom. The Labute approximate surface area is 146 Å². The summed E-state index contributed by atoms with van der Waals surface area (Å²) in [6.07, 6.45) is -4.76. The van der Waals surface area contributed by atoms with E-state index in [0.717, 1.165) is 19.9 Å². The SMILES string of the molecule is CC(C)(O)c1cc(C(F)(F)F)ccc1S(=O)(=O)Nc1cc(F)ccc1F. The number of halogens is 5. The zero-order valence-corrected chi connectivity index (χ0v) is 14.3. The Balaban J connectivity index is 2.60. The van der Waals surface area contributed by atoms with Gasteiger partial charge in [-0.05, 0) is 44.2 Å². The number of alkyl halides is 3. The van der Waals surface area contributed by atoms with Gasteiger partial charge in [0.2, 0.25) is 0 Å². The van der Waals surface area contributed by atoms with Crippen LogP contribution in [0, 0.1) is 11.6 Å². The van der Waals surface area contributed by atoms with Crippen molar-refractivity contribution in [3.05, 3.63) is 59.2 Å². The lowest BCUT2D eigenvalue weighted by Gasteiger charge is -2.23. The van der Waals surface area contributed by atoms with Crippen LogP contribution in [0.5, 0.6) is 0 Å². The average Bonchev–Trinajstić information content (AvgIpc) is 2.48. The Morgan fingerprint density at radius 2 is 1.62 bits per heavy atom. The van der Waals surface area contributed by atoms with Gasteiger partial charge >= 0.3 is 6.18 Å². The van der Waals surface area contributed by atoms with Crippen molar-refractivity contribution in [2.24, 2.45) is 0 Å². The molecular formula is C16H14F5NO3S. The van der Waals surface area contributed by atoms with E-state index < -0.39 is 55.1 Å². The monoisotopic (exact) mass is 395 g/mol. The molecule has 0 atom stereocenters. The zero-order valence-electron chi connectivity index (χ0n) is 13.5. The minimum atomic E-state index is -4.76. The number of nitrogens with one attached hydrogen (secondary N) is 1. The van der Waals surface area contributed by atoms with Gasteiger partial charge in [0.05, 0.1) is 21.7 Å². The number of hydrogen-bond acceptors (Lipinski definition) is 3. The van der Waals surface area contributed by atoms with Crippen LogP contribution in [0.3, 0.4) is 0 Å². The summed E-state index contributed by atoms with van der Waals surface area (Å²) in [6.45, 7) is 2.20. The summed E-state index contributed by atoms with van der Waals surface area (Å²) >= 11 is 0. The summed E-state index contributed by atoms with van der Waals surface area (Å²) in [4.78, 5) is -0.693. The lowest BCUT2D eigenvalue weighted by atomic mass is 9.96. The van der Waals surface area contributed by atoms with E-state index in [1.165, 1.54) is 0 Å². The average molecular weight is 395 g/mol. The molecule has 0 saturated heterocycles. The Kier molecular flexibility index (Phi) is 5.04. The van der Waals surface area contributed by atoms with Gasteiger partial charge in [0, 0.05) is 11.6 Å². The second-order valence-electron chi connectivity index (χ2n) is 6.00. The molecule has 0 amide bonds. The molecule has 0 aliphatic carbocycles. The number of rotatable bonds is 4.